The van der Waals surface area contributed by atoms with Crippen molar-refractivity contribution >= 4 is 45.9 Å². The Hall–Kier alpha value is -1.55. The Morgan fingerprint density at radius 2 is 1.80 bits per heavy atom. The van der Waals surface area contributed by atoms with E-state index in [2.05, 4.69) is 31.6 Å². The largest absolute Gasteiger partial charge is 0.454 e. The summed E-state index contributed by atoms with van der Waals surface area (Å²) in [6, 6.07) is 10.3. The van der Waals surface area contributed by atoms with E-state index in [0.717, 1.165) is 27.1 Å². The summed E-state index contributed by atoms with van der Waals surface area (Å²) in [6.45, 7) is 1.38. The number of halogens is 3. The molecule has 25 heavy (non-hydrogen) atoms. The summed E-state index contributed by atoms with van der Waals surface area (Å²) in [6.07, 6.45) is 0. The Labute approximate surface area is 171 Å². The van der Waals surface area contributed by atoms with Crippen LogP contribution >= 0.6 is 39.9 Å². The number of aliphatic imine (C=N–C) groups is 1. The van der Waals surface area contributed by atoms with Crippen LogP contribution in [-0.4, -0.2) is 19.8 Å². The lowest BCUT2D eigenvalue weighted by atomic mass is 10.2. The van der Waals surface area contributed by atoms with E-state index in [1.165, 1.54) is 12.1 Å². The number of benzene rings is 2. The van der Waals surface area contributed by atoms with Crippen molar-refractivity contribution < 1.29 is 13.9 Å². The van der Waals surface area contributed by atoms with Gasteiger partial charge in [-0.3, -0.25) is 4.99 Å². The van der Waals surface area contributed by atoms with Crippen LogP contribution in [0.5, 0.6) is 11.5 Å². The number of guanidine groups is 1. The zero-order valence-corrected chi connectivity index (χ0v) is 17.4. The number of hydrogen-bond acceptors (Lipinski definition) is 3. The van der Waals surface area contributed by atoms with E-state index in [1.54, 1.807) is 19.2 Å². The molecular weight excluding hydrogens is 504 g/mol. The van der Waals surface area contributed by atoms with Gasteiger partial charge in [0, 0.05) is 20.1 Å². The lowest BCUT2D eigenvalue weighted by Gasteiger charge is -2.12. The second-order valence-electron chi connectivity index (χ2n) is 5.22. The van der Waals surface area contributed by atoms with E-state index in [9.17, 15) is 4.39 Å². The molecule has 3 rings (SSSR count). The highest BCUT2D eigenvalue weighted by molar-refractivity contribution is 14.0. The molecule has 0 bridgehead atoms. The number of hydrogen-bond donors (Lipinski definition) is 2. The van der Waals surface area contributed by atoms with Crippen LogP contribution in [0.3, 0.4) is 0 Å². The molecule has 0 amide bonds. The maximum atomic E-state index is 12.9. The van der Waals surface area contributed by atoms with E-state index in [1.807, 2.05) is 12.1 Å². The Morgan fingerprint density at radius 1 is 1.12 bits per heavy atom. The molecule has 0 fully saturated rings. The molecule has 0 spiro atoms. The van der Waals surface area contributed by atoms with Crippen LogP contribution in [0.2, 0.25) is 0 Å². The Morgan fingerprint density at radius 3 is 2.48 bits per heavy atom. The first-order chi connectivity index (χ1) is 11.7. The van der Waals surface area contributed by atoms with Crippen molar-refractivity contribution in [3.8, 4) is 11.5 Å². The maximum Gasteiger partial charge on any atom is 0.231 e. The summed E-state index contributed by atoms with van der Waals surface area (Å²) in [7, 11) is 1.70. The van der Waals surface area contributed by atoms with Crippen molar-refractivity contribution in [2.24, 2.45) is 4.99 Å². The van der Waals surface area contributed by atoms with Crippen molar-refractivity contribution in [2.45, 2.75) is 13.1 Å². The van der Waals surface area contributed by atoms with Crippen molar-refractivity contribution in [1.82, 2.24) is 10.6 Å². The first-order valence-corrected chi connectivity index (χ1v) is 8.22. The van der Waals surface area contributed by atoms with Gasteiger partial charge in [0.25, 0.3) is 0 Å². The fourth-order valence-electron chi connectivity index (χ4n) is 2.32. The highest BCUT2D eigenvalue weighted by Crippen LogP contribution is 2.39. The fraction of sp³-hybridized carbons (Fsp3) is 0.235. The molecule has 1 aliphatic rings. The minimum Gasteiger partial charge on any atom is -0.454 e. The van der Waals surface area contributed by atoms with Crippen LogP contribution in [0.15, 0.2) is 45.9 Å². The molecule has 8 heteroatoms. The predicted molar refractivity (Wildman–Crippen MR) is 109 cm³/mol. The Kier molecular flexibility index (Phi) is 7.30. The van der Waals surface area contributed by atoms with Gasteiger partial charge < -0.3 is 20.1 Å². The molecule has 0 saturated heterocycles. The molecule has 0 aromatic heterocycles. The fourth-order valence-corrected chi connectivity index (χ4v) is 2.92. The smallest absolute Gasteiger partial charge is 0.231 e. The van der Waals surface area contributed by atoms with Crippen LogP contribution in [-0.2, 0) is 13.1 Å². The van der Waals surface area contributed by atoms with Crippen molar-refractivity contribution in [2.75, 3.05) is 13.8 Å². The third-order valence-corrected chi connectivity index (χ3v) is 4.13. The first kappa shape index (κ1) is 19.8. The second-order valence-corrected chi connectivity index (χ2v) is 6.07. The average molecular weight is 522 g/mol. The first-order valence-electron chi connectivity index (χ1n) is 7.42. The van der Waals surface area contributed by atoms with Gasteiger partial charge in [-0.1, -0.05) is 12.1 Å². The van der Waals surface area contributed by atoms with Crippen LogP contribution in [0.4, 0.5) is 4.39 Å². The van der Waals surface area contributed by atoms with E-state index in [-0.39, 0.29) is 36.6 Å². The van der Waals surface area contributed by atoms with Crippen molar-refractivity contribution in [1.29, 1.82) is 0 Å². The molecule has 2 N–H and O–H groups in total. The molecule has 0 atom stereocenters. The number of rotatable bonds is 4. The monoisotopic (exact) mass is 521 g/mol. The van der Waals surface area contributed by atoms with Gasteiger partial charge in [-0.15, -0.1) is 24.0 Å². The predicted octanol–water partition coefficient (Wildman–Crippen LogP) is 3.80. The molecule has 0 unspecified atom stereocenters. The highest BCUT2D eigenvalue weighted by atomic mass is 127. The number of fused-ring (bicyclic) bond motifs is 1. The molecule has 1 aliphatic heterocycles. The summed E-state index contributed by atoms with van der Waals surface area (Å²) in [5, 5.41) is 6.42. The normalized spacial score (nSPS) is 12.5. The topological polar surface area (TPSA) is 54.9 Å². The second kappa shape index (κ2) is 9.23. The van der Waals surface area contributed by atoms with Gasteiger partial charge in [0.05, 0.1) is 4.47 Å². The summed E-state index contributed by atoms with van der Waals surface area (Å²) >= 11 is 3.48. The van der Waals surface area contributed by atoms with E-state index >= 15 is 0 Å². The van der Waals surface area contributed by atoms with Gasteiger partial charge in [-0.2, -0.15) is 0 Å². The lowest BCUT2D eigenvalue weighted by molar-refractivity contribution is 0.173. The molecule has 134 valence electrons. The zero-order valence-electron chi connectivity index (χ0n) is 13.5. The summed E-state index contributed by atoms with van der Waals surface area (Å²) < 4.78 is 24.6. The van der Waals surface area contributed by atoms with Crippen LogP contribution in [0, 0.1) is 5.82 Å². The van der Waals surface area contributed by atoms with Crippen molar-refractivity contribution in [3.63, 3.8) is 0 Å². The summed E-state index contributed by atoms with van der Waals surface area (Å²) in [5.74, 6) is 1.88. The molecule has 5 nitrogen and oxygen atoms in total. The molecular formula is C17H18BrFIN3O2. The summed E-state index contributed by atoms with van der Waals surface area (Å²) in [5.41, 5.74) is 2.01. The van der Waals surface area contributed by atoms with Gasteiger partial charge in [-0.25, -0.2) is 4.39 Å². The third kappa shape index (κ3) is 5.21. The van der Waals surface area contributed by atoms with E-state index in [4.69, 9.17) is 9.47 Å². The number of nitrogens with zero attached hydrogens (tertiary/aromatic N) is 1. The molecule has 2 aromatic rings. The van der Waals surface area contributed by atoms with E-state index in [0.29, 0.717) is 19.0 Å². The SMILES string of the molecule is CN=C(NCc1ccc(F)cc1)NCc1cc(Br)c2c(c1)OCO2.I. The number of nitrogens with one attached hydrogen (secondary N) is 2. The van der Waals surface area contributed by atoms with Crippen LogP contribution in [0.1, 0.15) is 11.1 Å². The lowest BCUT2D eigenvalue weighted by Crippen LogP contribution is -2.36. The van der Waals surface area contributed by atoms with Gasteiger partial charge >= 0.3 is 0 Å². The summed E-state index contributed by atoms with van der Waals surface area (Å²) in [4.78, 5) is 4.18. The quantitative estimate of drug-likeness (QED) is 0.365. The van der Waals surface area contributed by atoms with Crippen LogP contribution in [0.25, 0.3) is 0 Å². The van der Waals surface area contributed by atoms with Gasteiger partial charge in [-0.05, 0) is 51.3 Å². The average Bonchev–Trinajstić information content (AvgIpc) is 3.06. The number of ether oxygens (including phenoxy) is 2. The minimum absolute atomic E-state index is 0. The van der Waals surface area contributed by atoms with Gasteiger partial charge in [0.2, 0.25) is 6.79 Å². The minimum atomic E-state index is -0.241. The van der Waals surface area contributed by atoms with E-state index < -0.39 is 0 Å². The Bertz CT molecular complexity index is 756. The molecule has 1 heterocycles. The zero-order chi connectivity index (χ0) is 16.9. The highest BCUT2D eigenvalue weighted by Gasteiger charge is 2.17. The van der Waals surface area contributed by atoms with Gasteiger partial charge in [0.1, 0.15) is 5.82 Å². The Balaban J connectivity index is 0.00000225. The molecule has 0 saturated carbocycles. The van der Waals surface area contributed by atoms with Gasteiger partial charge in [0.15, 0.2) is 17.5 Å². The third-order valence-electron chi connectivity index (χ3n) is 3.54. The molecule has 0 aliphatic carbocycles. The van der Waals surface area contributed by atoms with Crippen LogP contribution < -0.4 is 20.1 Å². The molecule has 2 aromatic carbocycles. The molecule has 0 radical (unpaired) electrons. The maximum absolute atomic E-state index is 12.9. The van der Waals surface area contributed by atoms with Crippen molar-refractivity contribution in [3.05, 3.63) is 57.8 Å². The standard InChI is InChI=1S/C17H17BrFN3O2.HI/c1-20-17(21-8-11-2-4-13(19)5-3-11)22-9-12-6-14(18)16-15(7-12)23-10-24-16;/h2-7H,8-10H2,1H3,(H2,20,21,22);1H.